The van der Waals surface area contributed by atoms with Crippen LogP contribution >= 0.6 is 0 Å². The molecule has 0 spiro atoms. The predicted octanol–water partition coefficient (Wildman–Crippen LogP) is 4.67. The van der Waals surface area contributed by atoms with Gasteiger partial charge < -0.3 is 15.0 Å². The molecule has 5 aromatic rings. The van der Waals surface area contributed by atoms with Crippen molar-refractivity contribution in [1.82, 2.24) is 29.1 Å². The van der Waals surface area contributed by atoms with Gasteiger partial charge in [-0.25, -0.2) is 15.0 Å². The number of nitrogens with one attached hydrogen (secondary N) is 2. The summed E-state index contributed by atoms with van der Waals surface area (Å²) in [6.45, 7) is 5.12. The summed E-state index contributed by atoms with van der Waals surface area (Å²) in [7, 11) is 0. The Kier molecular flexibility index (Phi) is 5.21. The third kappa shape index (κ3) is 4.23. The number of benzene rings is 1. The zero-order valence-electron chi connectivity index (χ0n) is 19.8. The molecule has 6 rings (SSSR count). The lowest BCUT2D eigenvalue weighted by Crippen LogP contribution is -2.25. The Morgan fingerprint density at radius 3 is 2.63 bits per heavy atom. The Balaban J connectivity index is 1.42. The molecule has 0 bridgehead atoms. The van der Waals surface area contributed by atoms with E-state index in [4.69, 9.17) is 9.97 Å². The van der Waals surface area contributed by atoms with Crippen molar-refractivity contribution in [3.05, 3.63) is 72.9 Å². The van der Waals surface area contributed by atoms with Gasteiger partial charge in [0.1, 0.15) is 5.65 Å². The summed E-state index contributed by atoms with van der Waals surface area (Å²) in [4.78, 5) is 26.4. The number of pyridine rings is 1. The molecule has 1 fully saturated rings. The summed E-state index contributed by atoms with van der Waals surface area (Å²) >= 11 is 0. The van der Waals surface area contributed by atoms with Gasteiger partial charge >= 0.3 is 0 Å². The van der Waals surface area contributed by atoms with Crippen molar-refractivity contribution in [2.45, 2.75) is 32.7 Å². The molecule has 0 unspecified atom stereocenters. The first-order valence-corrected chi connectivity index (χ1v) is 12.0. The lowest BCUT2D eigenvalue weighted by molar-refractivity contribution is 0.0951. The zero-order valence-corrected chi connectivity index (χ0v) is 19.8. The van der Waals surface area contributed by atoms with Crippen molar-refractivity contribution in [1.29, 1.82) is 0 Å². The highest BCUT2D eigenvalue weighted by Crippen LogP contribution is 2.28. The number of nitrogens with zero attached hydrogens (tertiary/aromatic N) is 5. The average Bonchev–Trinajstić information content (AvgIpc) is 3.38. The van der Waals surface area contributed by atoms with Crippen LogP contribution in [0.1, 0.15) is 37.0 Å². The fourth-order valence-corrected chi connectivity index (χ4v) is 4.12. The van der Waals surface area contributed by atoms with Crippen LogP contribution in [0.3, 0.4) is 0 Å². The van der Waals surface area contributed by atoms with Gasteiger partial charge in [0.25, 0.3) is 5.91 Å². The second kappa shape index (κ2) is 8.54. The minimum Gasteiger partial charge on any atom is -0.367 e. The van der Waals surface area contributed by atoms with E-state index < -0.39 is 0 Å². The van der Waals surface area contributed by atoms with Crippen molar-refractivity contribution in [2.75, 3.05) is 11.9 Å². The molecule has 0 aliphatic heterocycles. The smallest absolute Gasteiger partial charge is 0.251 e. The van der Waals surface area contributed by atoms with Crippen molar-refractivity contribution < 1.29 is 4.79 Å². The predicted molar refractivity (Wildman–Crippen MR) is 136 cm³/mol. The van der Waals surface area contributed by atoms with Crippen molar-refractivity contribution >= 4 is 23.0 Å². The first-order chi connectivity index (χ1) is 17.0. The molecule has 0 radical (unpaired) electrons. The molecule has 0 atom stereocenters. The Morgan fingerprint density at radius 2 is 1.86 bits per heavy atom. The second-order valence-electron chi connectivity index (χ2n) is 9.52. The molecule has 4 aromatic heterocycles. The summed E-state index contributed by atoms with van der Waals surface area (Å²) in [6, 6.07) is 12.1. The van der Waals surface area contributed by atoms with Crippen molar-refractivity contribution in [2.24, 2.45) is 5.92 Å². The van der Waals surface area contributed by atoms with E-state index in [1.54, 1.807) is 6.20 Å². The average molecular weight is 466 g/mol. The summed E-state index contributed by atoms with van der Waals surface area (Å²) in [6.07, 6.45) is 11.8. The molecule has 1 amide bonds. The van der Waals surface area contributed by atoms with E-state index in [9.17, 15) is 4.79 Å². The molecule has 1 aromatic carbocycles. The molecule has 0 saturated heterocycles. The quantitative estimate of drug-likeness (QED) is 0.365. The SMILES string of the molecule is CC(C)CNc1nc(-c2ccc3nccn3c2)cn2c(-c3ccc(C(=O)NC4CC4)cc3)cnc12. The number of rotatable bonds is 7. The van der Waals surface area contributed by atoms with E-state index >= 15 is 0 Å². The Bertz CT molecular complexity index is 1530. The van der Waals surface area contributed by atoms with Crippen LogP contribution in [-0.2, 0) is 0 Å². The Morgan fingerprint density at radius 1 is 1.06 bits per heavy atom. The largest absolute Gasteiger partial charge is 0.367 e. The van der Waals surface area contributed by atoms with E-state index in [1.807, 2.05) is 65.6 Å². The van der Waals surface area contributed by atoms with Crippen LogP contribution in [-0.4, -0.2) is 42.2 Å². The maximum Gasteiger partial charge on any atom is 0.251 e. The number of carbonyl (C=O) groups excluding carboxylic acids is 1. The third-order valence-electron chi connectivity index (χ3n) is 6.21. The molecule has 1 aliphatic rings. The number of carbonyl (C=O) groups is 1. The van der Waals surface area contributed by atoms with E-state index in [1.165, 1.54) is 0 Å². The van der Waals surface area contributed by atoms with Gasteiger partial charge in [-0.05, 0) is 43.0 Å². The highest BCUT2D eigenvalue weighted by atomic mass is 16.1. The lowest BCUT2D eigenvalue weighted by atomic mass is 10.1. The number of imidazole rings is 2. The zero-order chi connectivity index (χ0) is 23.9. The fraction of sp³-hybridized carbons (Fsp3) is 0.259. The molecule has 2 N–H and O–H groups in total. The summed E-state index contributed by atoms with van der Waals surface area (Å²) in [5.74, 6) is 1.19. The molecule has 35 heavy (non-hydrogen) atoms. The molecule has 8 heteroatoms. The van der Waals surface area contributed by atoms with Crippen LogP contribution < -0.4 is 10.6 Å². The monoisotopic (exact) mass is 465 g/mol. The van der Waals surface area contributed by atoms with Crippen LogP contribution in [0.5, 0.6) is 0 Å². The summed E-state index contributed by atoms with van der Waals surface area (Å²) < 4.78 is 4.06. The molecular weight excluding hydrogens is 438 g/mol. The molecular formula is C27H27N7O. The van der Waals surface area contributed by atoms with Crippen LogP contribution in [0.2, 0.25) is 0 Å². The minimum atomic E-state index is -0.0151. The summed E-state index contributed by atoms with van der Waals surface area (Å²) in [5.41, 5.74) is 6.07. The standard InChI is InChI=1S/C27H27N7O/c1-17(2)13-29-25-26-30-14-23(18-3-5-19(6-4-18)27(35)31-21-8-9-21)34(26)16-22(32-25)20-7-10-24-28-11-12-33(24)15-20/h3-7,10-12,14-17,21H,8-9,13H2,1-2H3,(H,29,32)(H,31,35). The third-order valence-corrected chi connectivity index (χ3v) is 6.21. The van der Waals surface area contributed by atoms with Gasteiger partial charge in [0.2, 0.25) is 0 Å². The number of aromatic nitrogens is 5. The van der Waals surface area contributed by atoms with Gasteiger partial charge in [-0.1, -0.05) is 26.0 Å². The normalized spacial score (nSPS) is 13.6. The van der Waals surface area contributed by atoms with Crippen LogP contribution in [0.15, 0.2) is 67.4 Å². The number of fused-ring (bicyclic) bond motifs is 2. The van der Waals surface area contributed by atoms with Gasteiger partial charge in [-0.15, -0.1) is 0 Å². The number of amides is 1. The molecule has 4 heterocycles. The van der Waals surface area contributed by atoms with Gasteiger partial charge in [-0.3, -0.25) is 9.20 Å². The second-order valence-corrected chi connectivity index (χ2v) is 9.52. The topological polar surface area (TPSA) is 88.6 Å². The van der Waals surface area contributed by atoms with E-state index in [0.717, 1.165) is 59.0 Å². The Hall–Kier alpha value is -4.20. The van der Waals surface area contributed by atoms with Crippen LogP contribution in [0.4, 0.5) is 5.82 Å². The van der Waals surface area contributed by atoms with Gasteiger partial charge in [0.15, 0.2) is 11.5 Å². The van der Waals surface area contributed by atoms with E-state index in [0.29, 0.717) is 17.5 Å². The summed E-state index contributed by atoms with van der Waals surface area (Å²) in [5, 5.41) is 6.52. The number of anilines is 1. The van der Waals surface area contributed by atoms with Crippen LogP contribution in [0, 0.1) is 5.92 Å². The van der Waals surface area contributed by atoms with E-state index in [-0.39, 0.29) is 5.91 Å². The lowest BCUT2D eigenvalue weighted by Gasteiger charge is -2.13. The number of hydrogen-bond acceptors (Lipinski definition) is 5. The Labute approximate surface area is 203 Å². The fourth-order valence-electron chi connectivity index (χ4n) is 4.12. The highest BCUT2D eigenvalue weighted by Gasteiger charge is 2.23. The first-order valence-electron chi connectivity index (χ1n) is 12.0. The van der Waals surface area contributed by atoms with Crippen LogP contribution in [0.25, 0.3) is 33.8 Å². The van der Waals surface area contributed by atoms with Crippen molar-refractivity contribution in [3.8, 4) is 22.5 Å². The molecule has 176 valence electrons. The van der Waals surface area contributed by atoms with E-state index in [2.05, 4.69) is 33.9 Å². The number of hydrogen-bond donors (Lipinski definition) is 2. The van der Waals surface area contributed by atoms with Crippen molar-refractivity contribution in [3.63, 3.8) is 0 Å². The maximum atomic E-state index is 12.4. The minimum absolute atomic E-state index is 0.0151. The van der Waals surface area contributed by atoms with Gasteiger partial charge in [-0.2, -0.15) is 0 Å². The molecule has 1 aliphatic carbocycles. The van der Waals surface area contributed by atoms with Gasteiger partial charge in [0.05, 0.1) is 17.6 Å². The van der Waals surface area contributed by atoms with Gasteiger partial charge in [0, 0.05) is 54.1 Å². The maximum absolute atomic E-state index is 12.4. The molecule has 1 saturated carbocycles. The molecule has 8 nitrogen and oxygen atoms in total. The first kappa shape index (κ1) is 21.3. The highest BCUT2D eigenvalue weighted by molar-refractivity contribution is 5.95.